The number of anilines is 1. The number of rotatable bonds is 2. The zero-order valence-electron chi connectivity index (χ0n) is 10.3. The van der Waals surface area contributed by atoms with Gasteiger partial charge in [0.2, 0.25) is 0 Å². The molecule has 0 amide bonds. The molecule has 2 fully saturated rings. The first-order chi connectivity index (χ1) is 8.79. The normalized spacial score (nSPS) is 27.3. The van der Waals surface area contributed by atoms with Gasteiger partial charge in [0.05, 0.1) is 31.0 Å². The Bertz CT molecular complexity index is 438. The second kappa shape index (κ2) is 5.19. The van der Waals surface area contributed by atoms with Crippen LogP contribution in [-0.2, 0) is 11.3 Å². The first-order valence-electron chi connectivity index (χ1n) is 6.57. The molecule has 1 aliphatic heterocycles. The van der Waals surface area contributed by atoms with E-state index in [1.165, 1.54) is 24.9 Å². The number of aliphatic hydroxyl groups excluding tert-OH is 1. The first-order valence-corrected chi connectivity index (χ1v) is 7.36. The molecule has 3 rings (SSSR count). The van der Waals surface area contributed by atoms with E-state index in [0.717, 1.165) is 23.2 Å². The summed E-state index contributed by atoms with van der Waals surface area (Å²) < 4.78 is 6.91. The van der Waals surface area contributed by atoms with Crippen LogP contribution in [0.3, 0.4) is 0 Å². The van der Waals surface area contributed by atoms with Crippen LogP contribution in [0.15, 0.2) is 22.7 Å². The highest BCUT2D eigenvalue weighted by Gasteiger charge is 2.36. The number of nitrogens with zero attached hydrogens (tertiary/aromatic N) is 1. The van der Waals surface area contributed by atoms with Crippen molar-refractivity contribution in [3.05, 3.63) is 28.2 Å². The van der Waals surface area contributed by atoms with Gasteiger partial charge in [-0.15, -0.1) is 0 Å². The monoisotopic (exact) mass is 311 g/mol. The molecular formula is C14H18BrNO2. The Morgan fingerprint density at radius 1 is 1.39 bits per heavy atom. The van der Waals surface area contributed by atoms with Crippen LogP contribution in [0.25, 0.3) is 0 Å². The van der Waals surface area contributed by atoms with Crippen molar-refractivity contribution in [1.29, 1.82) is 0 Å². The van der Waals surface area contributed by atoms with E-state index in [1.807, 2.05) is 12.1 Å². The molecule has 1 aromatic carbocycles. The number of aliphatic hydroxyl groups is 1. The minimum absolute atomic E-state index is 0.0913. The second-order valence-corrected chi connectivity index (χ2v) is 5.90. The number of hydrogen-bond acceptors (Lipinski definition) is 3. The SMILES string of the molecule is OCc1ccc(N2CCOC3CCCC32)c(Br)c1. The number of hydrogen-bond donors (Lipinski definition) is 1. The fraction of sp³-hybridized carbons (Fsp3) is 0.571. The lowest BCUT2D eigenvalue weighted by atomic mass is 10.1. The van der Waals surface area contributed by atoms with E-state index < -0.39 is 0 Å². The van der Waals surface area contributed by atoms with E-state index in [1.54, 1.807) is 0 Å². The molecule has 1 aromatic rings. The van der Waals surface area contributed by atoms with E-state index in [4.69, 9.17) is 9.84 Å². The quantitative estimate of drug-likeness (QED) is 0.911. The smallest absolute Gasteiger partial charge is 0.0779 e. The van der Waals surface area contributed by atoms with Gasteiger partial charge in [0.15, 0.2) is 0 Å². The van der Waals surface area contributed by atoms with Crippen molar-refractivity contribution in [1.82, 2.24) is 0 Å². The van der Waals surface area contributed by atoms with Crippen molar-refractivity contribution in [3.63, 3.8) is 0 Å². The van der Waals surface area contributed by atoms with Crippen LogP contribution in [0.1, 0.15) is 24.8 Å². The van der Waals surface area contributed by atoms with Crippen molar-refractivity contribution in [3.8, 4) is 0 Å². The molecule has 2 aliphatic rings. The summed E-state index contributed by atoms with van der Waals surface area (Å²) in [7, 11) is 0. The maximum atomic E-state index is 9.16. The van der Waals surface area contributed by atoms with E-state index in [0.29, 0.717) is 12.1 Å². The number of ether oxygens (including phenoxy) is 1. The Hall–Kier alpha value is -0.580. The third-order valence-corrected chi connectivity index (χ3v) is 4.62. The van der Waals surface area contributed by atoms with E-state index in [-0.39, 0.29) is 6.61 Å². The molecule has 0 radical (unpaired) electrons. The highest BCUT2D eigenvalue weighted by atomic mass is 79.9. The van der Waals surface area contributed by atoms with Crippen molar-refractivity contribution in [2.45, 2.75) is 38.0 Å². The molecule has 0 bridgehead atoms. The zero-order valence-corrected chi connectivity index (χ0v) is 11.9. The predicted molar refractivity (Wildman–Crippen MR) is 74.8 cm³/mol. The van der Waals surface area contributed by atoms with Gasteiger partial charge in [-0.1, -0.05) is 6.07 Å². The minimum atomic E-state index is 0.0913. The van der Waals surface area contributed by atoms with Crippen molar-refractivity contribution in [2.75, 3.05) is 18.1 Å². The third-order valence-electron chi connectivity index (χ3n) is 3.99. The summed E-state index contributed by atoms with van der Waals surface area (Å²) in [5.41, 5.74) is 2.18. The van der Waals surface area contributed by atoms with Crippen LogP contribution in [0.4, 0.5) is 5.69 Å². The molecule has 0 aromatic heterocycles. The highest BCUT2D eigenvalue weighted by molar-refractivity contribution is 9.10. The Balaban J connectivity index is 1.89. The van der Waals surface area contributed by atoms with Gasteiger partial charge in [-0.05, 0) is 52.9 Å². The van der Waals surface area contributed by atoms with Crippen LogP contribution in [-0.4, -0.2) is 30.4 Å². The highest BCUT2D eigenvalue weighted by Crippen LogP contribution is 2.36. The molecule has 1 heterocycles. The van der Waals surface area contributed by atoms with Gasteiger partial charge in [0, 0.05) is 11.0 Å². The van der Waals surface area contributed by atoms with Crippen LogP contribution in [0.2, 0.25) is 0 Å². The lowest BCUT2D eigenvalue weighted by molar-refractivity contribution is 0.0256. The number of fused-ring (bicyclic) bond motifs is 1. The molecule has 2 unspecified atom stereocenters. The number of morpholine rings is 1. The van der Waals surface area contributed by atoms with Crippen molar-refractivity contribution in [2.24, 2.45) is 0 Å². The lowest BCUT2D eigenvalue weighted by Gasteiger charge is -2.39. The van der Waals surface area contributed by atoms with E-state index in [9.17, 15) is 0 Å². The summed E-state index contributed by atoms with van der Waals surface area (Å²) in [6.07, 6.45) is 4.08. The van der Waals surface area contributed by atoms with Crippen molar-refractivity contribution >= 4 is 21.6 Å². The fourth-order valence-corrected chi connectivity index (χ4v) is 3.76. The predicted octanol–water partition coefficient (Wildman–Crippen LogP) is 2.70. The zero-order chi connectivity index (χ0) is 12.5. The Kier molecular flexibility index (Phi) is 3.59. The number of halogens is 1. The van der Waals surface area contributed by atoms with Gasteiger partial charge in [-0.3, -0.25) is 0 Å². The van der Waals surface area contributed by atoms with Gasteiger partial charge in [-0.25, -0.2) is 0 Å². The van der Waals surface area contributed by atoms with Gasteiger partial charge in [0.1, 0.15) is 0 Å². The fourth-order valence-electron chi connectivity index (χ4n) is 3.11. The standard InChI is InChI=1S/C14H18BrNO2/c15-11-8-10(9-17)4-5-12(11)16-6-7-18-14-3-1-2-13(14)16/h4-5,8,13-14,17H,1-3,6-7,9H2. The minimum Gasteiger partial charge on any atom is -0.392 e. The molecule has 1 saturated carbocycles. The van der Waals surface area contributed by atoms with Crippen LogP contribution >= 0.6 is 15.9 Å². The largest absolute Gasteiger partial charge is 0.392 e. The van der Waals surface area contributed by atoms with Gasteiger partial charge < -0.3 is 14.7 Å². The molecule has 4 heteroatoms. The average molecular weight is 312 g/mol. The van der Waals surface area contributed by atoms with Crippen LogP contribution in [0.5, 0.6) is 0 Å². The first kappa shape index (κ1) is 12.5. The molecule has 0 spiro atoms. The summed E-state index contributed by atoms with van der Waals surface area (Å²) >= 11 is 3.63. The van der Waals surface area contributed by atoms with Gasteiger partial charge >= 0.3 is 0 Å². The molecule has 18 heavy (non-hydrogen) atoms. The molecule has 2 atom stereocenters. The molecule has 98 valence electrons. The maximum Gasteiger partial charge on any atom is 0.0779 e. The van der Waals surface area contributed by atoms with Gasteiger partial charge in [-0.2, -0.15) is 0 Å². The second-order valence-electron chi connectivity index (χ2n) is 5.04. The summed E-state index contributed by atoms with van der Waals surface area (Å²) in [6.45, 7) is 1.86. The van der Waals surface area contributed by atoms with Crippen LogP contribution < -0.4 is 4.90 Å². The molecule has 1 N–H and O–H groups in total. The van der Waals surface area contributed by atoms with Gasteiger partial charge in [0.25, 0.3) is 0 Å². The number of benzene rings is 1. The summed E-state index contributed by atoms with van der Waals surface area (Å²) in [5.74, 6) is 0. The molecule has 3 nitrogen and oxygen atoms in total. The molecule has 1 aliphatic carbocycles. The maximum absolute atomic E-state index is 9.16. The Morgan fingerprint density at radius 2 is 2.28 bits per heavy atom. The summed E-state index contributed by atoms with van der Waals surface area (Å²) in [4.78, 5) is 2.46. The topological polar surface area (TPSA) is 32.7 Å². The summed E-state index contributed by atoms with van der Waals surface area (Å²) in [5, 5.41) is 9.16. The van der Waals surface area contributed by atoms with E-state index in [2.05, 4.69) is 26.9 Å². The Labute approximate surface area is 116 Å². The summed E-state index contributed by atoms with van der Waals surface area (Å²) in [6, 6.07) is 6.64. The molecule has 1 saturated heterocycles. The molecular weight excluding hydrogens is 294 g/mol. The van der Waals surface area contributed by atoms with Crippen molar-refractivity contribution < 1.29 is 9.84 Å². The lowest BCUT2D eigenvalue weighted by Crippen LogP contribution is -2.48. The van der Waals surface area contributed by atoms with Crippen LogP contribution in [0, 0.1) is 0 Å². The third kappa shape index (κ3) is 2.17. The average Bonchev–Trinajstić information content (AvgIpc) is 2.87. The Morgan fingerprint density at radius 3 is 3.06 bits per heavy atom. The van der Waals surface area contributed by atoms with E-state index >= 15 is 0 Å².